The Morgan fingerprint density at radius 3 is 2.74 bits per heavy atom. The summed E-state index contributed by atoms with van der Waals surface area (Å²) < 4.78 is 29.6. The van der Waals surface area contributed by atoms with E-state index in [2.05, 4.69) is 9.55 Å². The molecule has 1 fully saturated rings. The lowest BCUT2D eigenvalue weighted by molar-refractivity contribution is 0.436. The molecule has 0 saturated heterocycles. The second-order valence-corrected chi connectivity index (χ2v) is 5.98. The quantitative estimate of drug-likeness (QED) is 0.793. The van der Waals surface area contributed by atoms with Gasteiger partial charge in [0.25, 0.3) is 0 Å². The molecule has 1 aliphatic heterocycles. The number of fused-ring (bicyclic) bond motifs is 2. The first kappa shape index (κ1) is 11.3. The molecule has 0 amide bonds. The topological polar surface area (TPSA) is 20.7 Å². The number of imidazole rings is 1. The molecule has 4 rings (SSSR count). The Balaban J connectivity index is 1.81. The third-order valence-electron chi connectivity index (χ3n) is 4.52. The van der Waals surface area contributed by atoms with Crippen LogP contribution < -0.4 is 0 Å². The summed E-state index contributed by atoms with van der Waals surface area (Å²) in [6.45, 7) is 0.720. The van der Waals surface area contributed by atoms with Crippen LogP contribution >= 0.6 is 12.2 Å². The van der Waals surface area contributed by atoms with Crippen LogP contribution in [0.5, 0.6) is 0 Å². The van der Waals surface area contributed by atoms with Gasteiger partial charge in [-0.25, -0.2) is 8.78 Å². The number of hydrogen-bond donors (Lipinski definition) is 1. The van der Waals surface area contributed by atoms with Crippen LogP contribution in [-0.2, 0) is 18.4 Å². The van der Waals surface area contributed by atoms with Crippen molar-refractivity contribution in [3.8, 4) is 0 Å². The molecule has 0 radical (unpaired) electrons. The van der Waals surface area contributed by atoms with Crippen molar-refractivity contribution < 1.29 is 8.78 Å². The predicted molar refractivity (Wildman–Crippen MR) is 69.5 cm³/mol. The minimum atomic E-state index is -0.501. The van der Waals surface area contributed by atoms with Gasteiger partial charge in [0.2, 0.25) is 0 Å². The van der Waals surface area contributed by atoms with E-state index in [9.17, 15) is 8.78 Å². The Bertz CT molecular complexity index is 713. The summed E-state index contributed by atoms with van der Waals surface area (Å²) >= 11 is 5.25. The molecule has 2 aromatic rings. The first-order chi connectivity index (χ1) is 9.08. The van der Waals surface area contributed by atoms with Gasteiger partial charge >= 0.3 is 0 Å². The molecule has 98 valence electrons. The van der Waals surface area contributed by atoms with Crippen LogP contribution in [0.1, 0.15) is 17.7 Å². The van der Waals surface area contributed by atoms with Gasteiger partial charge in [0.1, 0.15) is 11.6 Å². The summed E-state index contributed by atoms with van der Waals surface area (Å²) in [6.07, 6.45) is 3.84. The third kappa shape index (κ3) is 1.54. The predicted octanol–water partition coefficient (Wildman–Crippen LogP) is 3.34. The SMILES string of the molecule is Fc1cc(F)cc([C@]23C[C@H]2Cc2c[nH]c(=S)n2C3)c1. The second-order valence-electron chi connectivity index (χ2n) is 5.59. The standard InChI is InChI=1S/C14H12F2N2S/c15-10-1-8(2-11(16)4-10)14-5-9(14)3-12-6-17-13(19)18(12)7-14/h1-2,4,6,9H,3,5,7H2,(H,17,19)/t9-,14-/m1/s1. The molecule has 1 N–H and O–H groups in total. The van der Waals surface area contributed by atoms with Crippen LogP contribution in [0.3, 0.4) is 0 Å². The molecule has 1 aromatic carbocycles. The second kappa shape index (κ2) is 3.54. The highest BCUT2D eigenvalue weighted by atomic mass is 32.1. The molecule has 19 heavy (non-hydrogen) atoms. The summed E-state index contributed by atoms with van der Waals surface area (Å²) in [5.41, 5.74) is 1.83. The number of aromatic amines is 1. The van der Waals surface area contributed by atoms with E-state index in [0.29, 0.717) is 10.7 Å². The maximum absolute atomic E-state index is 13.4. The fraction of sp³-hybridized carbons (Fsp3) is 0.357. The number of nitrogens with zero attached hydrogens (tertiary/aromatic N) is 1. The van der Waals surface area contributed by atoms with Gasteiger partial charge in [-0.05, 0) is 48.7 Å². The summed E-state index contributed by atoms with van der Waals surface area (Å²) in [5.74, 6) is -0.532. The van der Waals surface area contributed by atoms with Crippen molar-refractivity contribution >= 4 is 12.2 Å². The van der Waals surface area contributed by atoms with Crippen LogP contribution in [0.25, 0.3) is 0 Å². The number of hydrogen-bond acceptors (Lipinski definition) is 1. The largest absolute Gasteiger partial charge is 0.337 e. The van der Waals surface area contributed by atoms with Crippen molar-refractivity contribution in [3.63, 3.8) is 0 Å². The molecule has 0 spiro atoms. The number of rotatable bonds is 1. The van der Waals surface area contributed by atoms with Crippen LogP contribution in [0.2, 0.25) is 0 Å². The molecule has 2 nitrogen and oxygen atoms in total. The summed E-state index contributed by atoms with van der Waals surface area (Å²) in [7, 11) is 0. The first-order valence-corrected chi connectivity index (χ1v) is 6.73. The molecule has 1 aliphatic carbocycles. The Morgan fingerprint density at radius 1 is 1.26 bits per heavy atom. The molecule has 0 bridgehead atoms. The zero-order valence-corrected chi connectivity index (χ0v) is 10.9. The molecule has 2 heterocycles. The van der Waals surface area contributed by atoms with E-state index in [1.54, 1.807) is 0 Å². The minimum Gasteiger partial charge on any atom is -0.337 e. The Hall–Kier alpha value is -1.49. The lowest BCUT2D eigenvalue weighted by Gasteiger charge is -2.25. The van der Waals surface area contributed by atoms with Crippen LogP contribution in [0, 0.1) is 22.3 Å². The zero-order valence-electron chi connectivity index (χ0n) is 10.1. The monoisotopic (exact) mass is 278 g/mol. The van der Waals surface area contributed by atoms with E-state index in [4.69, 9.17) is 12.2 Å². The maximum Gasteiger partial charge on any atom is 0.177 e. The van der Waals surface area contributed by atoms with Crippen molar-refractivity contribution in [2.24, 2.45) is 5.92 Å². The van der Waals surface area contributed by atoms with E-state index in [0.717, 1.165) is 31.0 Å². The molecule has 2 aliphatic rings. The van der Waals surface area contributed by atoms with E-state index in [1.165, 1.54) is 17.8 Å². The highest BCUT2D eigenvalue weighted by Crippen LogP contribution is 2.59. The van der Waals surface area contributed by atoms with Gasteiger partial charge in [-0.15, -0.1) is 0 Å². The number of aromatic nitrogens is 2. The van der Waals surface area contributed by atoms with Gasteiger partial charge in [0.05, 0.1) is 0 Å². The molecule has 1 saturated carbocycles. The molecular weight excluding hydrogens is 266 g/mol. The Kier molecular flexibility index (Phi) is 2.11. The Morgan fingerprint density at radius 2 is 2.00 bits per heavy atom. The average Bonchev–Trinajstić information content (AvgIpc) is 2.98. The van der Waals surface area contributed by atoms with Gasteiger partial charge < -0.3 is 9.55 Å². The normalized spacial score (nSPS) is 27.8. The van der Waals surface area contributed by atoms with Gasteiger partial charge in [0, 0.05) is 29.9 Å². The highest BCUT2D eigenvalue weighted by Gasteiger charge is 2.57. The number of H-pyrrole nitrogens is 1. The lowest BCUT2D eigenvalue weighted by Crippen LogP contribution is -2.25. The lowest BCUT2D eigenvalue weighted by atomic mass is 9.89. The highest BCUT2D eigenvalue weighted by molar-refractivity contribution is 7.71. The number of benzene rings is 1. The van der Waals surface area contributed by atoms with Gasteiger partial charge in [-0.2, -0.15) is 0 Å². The van der Waals surface area contributed by atoms with E-state index >= 15 is 0 Å². The van der Waals surface area contributed by atoms with Gasteiger partial charge in [0.15, 0.2) is 4.77 Å². The zero-order chi connectivity index (χ0) is 13.2. The minimum absolute atomic E-state index is 0.129. The van der Waals surface area contributed by atoms with Crippen molar-refractivity contribution in [2.45, 2.75) is 24.8 Å². The van der Waals surface area contributed by atoms with Crippen LogP contribution in [0.4, 0.5) is 8.78 Å². The van der Waals surface area contributed by atoms with Gasteiger partial charge in [-0.1, -0.05) is 0 Å². The van der Waals surface area contributed by atoms with Crippen molar-refractivity contribution in [1.82, 2.24) is 9.55 Å². The van der Waals surface area contributed by atoms with Crippen molar-refractivity contribution in [1.29, 1.82) is 0 Å². The Labute approximate surface area is 114 Å². The molecule has 1 aromatic heterocycles. The van der Waals surface area contributed by atoms with Gasteiger partial charge in [-0.3, -0.25) is 0 Å². The maximum atomic E-state index is 13.4. The molecular formula is C14H12F2N2S. The van der Waals surface area contributed by atoms with Crippen molar-refractivity contribution in [3.05, 3.63) is 52.1 Å². The van der Waals surface area contributed by atoms with Crippen LogP contribution in [-0.4, -0.2) is 9.55 Å². The fourth-order valence-electron chi connectivity index (χ4n) is 3.44. The van der Waals surface area contributed by atoms with E-state index in [1.807, 2.05) is 6.20 Å². The average molecular weight is 278 g/mol. The molecule has 0 unspecified atom stereocenters. The summed E-state index contributed by atoms with van der Waals surface area (Å²) in [6, 6.07) is 3.85. The van der Waals surface area contributed by atoms with E-state index in [-0.39, 0.29) is 5.41 Å². The molecule has 5 heteroatoms. The number of nitrogens with one attached hydrogen (secondary N) is 1. The smallest absolute Gasteiger partial charge is 0.177 e. The summed E-state index contributed by atoms with van der Waals surface area (Å²) in [4.78, 5) is 3.04. The summed E-state index contributed by atoms with van der Waals surface area (Å²) in [5, 5.41) is 0. The van der Waals surface area contributed by atoms with Crippen molar-refractivity contribution in [2.75, 3.05) is 0 Å². The first-order valence-electron chi connectivity index (χ1n) is 6.32. The fourth-order valence-corrected chi connectivity index (χ4v) is 3.68. The number of halogens is 2. The third-order valence-corrected chi connectivity index (χ3v) is 4.86. The molecule has 2 atom stereocenters. The van der Waals surface area contributed by atoms with Crippen LogP contribution in [0.15, 0.2) is 24.4 Å². The van der Waals surface area contributed by atoms with E-state index < -0.39 is 11.6 Å².